The molecule has 0 spiro atoms. The van der Waals surface area contributed by atoms with Crippen LogP contribution in [0.1, 0.15) is 24.1 Å². The summed E-state index contributed by atoms with van der Waals surface area (Å²) in [5, 5.41) is 6.32. The Bertz CT molecular complexity index is 812. The number of rotatable bonds is 5. The zero-order valence-electron chi connectivity index (χ0n) is 14.4. The second-order valence-corrected chi connectivity index (χ2v) is 6.55. The number of halogens is 1. The lowest BCUT2D eigenvalue weighted by Gasteiger charge is -2.16. The number of hydrogen-bond donors (Lipinski definition) is 2. The molecule has 0 unspecified atom stereocenters. The van der Waals surface area contributed by atoms with Gasteiger partial charge in [-0.05, 0) is 42.3 Å². The fraction of sp³-hybridized carbons (Fsp3) is 0.263. The second-order valence-electron chi connectivity index (χ2n) is 6.11. The van der Waals surface area contributed by atoms with E-state index in [0.29, 0.717) is 30.4 Å². The maximum absolute atomic E-state index is 12.2. The number of nitrogens with one attached hydrogen (secondary N) is 2. The first kappa shape index (κ1) is 18.1. The topological polar surface area (TPSA) is 70.7 Å². The molecule has 0 aliphatic carbocycles. The van der Waals surface area contributed by atoms with Crippen molar-refractivity contribution in [3.63, 3.8) is 0 Å². The van der Waals surface area contributed by atoms with E-state index in [-0.39, 0.29) is 18.2 Å². The second kappa shape index (κ2) is 8.10. The number of carbonyl (C=O) groups is 2. The summed E-state index contributed by atoms with van der Waals surface area (Å²) < 4.78 is 4.92. The Morgan fingerprint density at radius 1 is 1.27 bits per heavy atom. The van der Waals surface area contributed by atoms with E-state index in [9.17, 15) is 9.59 Å². The van der Waals surface area contributed by atoms with Crippen LogP contribution < -0.4 is 10.6 Å². The number of nitrogens with zero attached hydrogens (tertiary/aromatic N) is 1. The molecular formula is C19H20ClN3O3. The molecule has 1 saturated heterocycles. The van der Waals surface area contributed by atoms with Crippen LogP contribution >= 0.6 is 11.6 Å². The van der Waals surface area contributed by atoms with Crippen LogP contribution in [-0.2, 0) is 11.3 Å². The highest BCUT2D eigenvalue weighted by Gasteiger charge is 2.21. The molecule has 1 aliphatic heterocycles. The Balaban J connectivity index is 1.58. The van der Waals surface area contributed by atoms with Crippen LogP contribution in [0.5, 0.6) is 0 Å². The van der Waals surface area contributed by atoms with Crippen molar-refractivity contribution in [3.8, 4) is 0 Å². The van der Waals surface area contributed by atoms with Crippen LogP contribution in [0.25, 0.3) is 0 Å². The fourth-order valence-electron chi connectivity index (χ4n) is 2.76. The summed E-state index contributed by atoms with van der Waals surface area (Å²) in [6.45, 7) is 3.34. The molecular weight excluding hydrogens is 354 g/mol. The Morgan fingerprint density at radius 2 is 2.08 bits per heavy atom. The minimum atomic E-state index is -0.310. The fourth-order valence-corrected chi connectivity index (χ4v) is 2.96. The van der Waals surface area contributed by atoms with Crippen LogP contribution in [0.3, 0.4) is 0 Å². The number of amides is 3. The van der Waals surface area contributed by atoms with Gasteiger partial charge < -0.3 is 20.3 Å². The first-order chi connectivity index (χ1) is 12.5. The molecule has 0 radical (unpaired) electrons. The summed E-state index contributed by atoms with van der Waals surface area (Å²) in [4.78, 5) is 25.4. The number of cyclic esters (lactones) is 1. The van der Waals surface area contributed by atoms with Crippen LogP contribution in [0.4, 0.5) is 15.3 Å². The van der Waals surface area contributed by atoms with Gasteiger partial charge in [-0.3, -0.25) is 0 Å². The third-order valence-corrected chi connectivity index (χ3v) is 4.33. The van der Waals surface area contributed by atoms with Crippen molar-refractivity contribution in [1.29, 1.82) is 0 Å². The zero-order chi connectivity index (χ0) is 18.5. The minimum absolute atomic E-state index is 0.184. The van der Waals surface area contributed by atoms with Gasteiger partial charge in [-0.1, -0.05) is 35.9 Å². The average Bonchev–Trinajstić information content (AvgIpc) is 3.00. The van der Waals surface area contributed by atoms with Crippen molar-refractivity contribution in [2.75, 3.05) is 18.5 Å². The van der Waals surface area contributed by atoms with Crippen LogP contribution in [0.15, 0.2) is 48.5 Å². The van der Waals surface area contributed by atoms with Crippen molar-refractivity contribution >= 4 is 29.4 Å². The smallest absolute Gasteiger partial charge is 0.410 e. The largest absolute Gasteiger partial charge is 0.448 e. The van der Waals surface area contributed by atoms with Crippen molar-refractivity contribution in [2.24, 2.45) is 0 Å². The Labute approximate surface area is 157 Å². The predicted molar refractivity (Wildman–Crippen MR) is 100 cm³/mol. The van der Waals surface area contributed by atoms with Gasteiger partial charge in [0.1, 0.15) is 6.61 Å². The maximum atomic E-state index is 12.2. The van der Waals surface area contributed by atoms with Gasteiger partial charge in [0.15, 0.2) is 0 Å². The lowest BCUT2D eigenvalue weighted by atomic mass is 10.1. The Hall–Kier alpha value is -2.73. The molecule has 2 aromatic rings. The van der Waals surface area contributed by atoms with Gasteiger partial charge in [-0.15, -0.1) is 0 Å². The number of urea groups is 1. The van der Waals surface area contributed by atoms with E-state index < -0.39 is 0 Å². The summed E-state index contributed by atoms with van der Waals surface area (Å²) in [5.74, 6) is 0. The van der Waals surface area contributed by atoms with Crippen molar-refractivity contribution < 1.29 is 14.3 Å². The molecule has 2 N–H and O–H groups in total. The van der Waals surface area contributed by atoms with E-state index >= 15 is 0 Å². The molecule has 0 bridgehead atoms. The maximum Gasteiger partial charge on any atom is 0.410 e. The lowest BCUT2D eigenvalue weighted by Crippen LogP contribution is -2.31. The molecule has 26 heavy (non-hydrogen) atoms. The van der Waals surface area contributed by atoms with Gasteiger partial charge in [-0.25, -0.2) is 9.59 Å². The summed E-state index contributed by atoms with van der Waals surface area (Å²) in [6.07, 6.45) is -0.309. The summed E-state index contributed by atoms with van der Waals surface area (Å²) >= 11 is 5.99. The van der Waals surface area contributed by atoms with E-state index in [0.717, 1.165) is 11.1 Å². The van der Waals surface area contributed by atoms with E-state index in [2.05, 4.69) is 10.6 Å². The number of anilines is 1. The molecule has 3 rings (SSSR count). The normalized spacial score (nSPS) is 14.7. The standard InChI is InChI=1S/C19H20ClN3O3/c1-13(15-5-3-6-16(20)11-15)21-18(24)22-17-7-2-4-14(10-17)12-23-8-9-26-19(23)25/h2-7,10-11,13H,8-9,12H2,1H3,(H2,21,22,24)/t13-/m0/s1. The van der Waals surface area contributed by atoms with E-state index in [1.807, 2.05) is 43.3 Å². The highest BCUT2D eigenvalue weighted by Crippen LogP contribution is 2.18. The SMILES string of the molecule is C[C@H](NC(=O)Nc1cccc(CN2CCOC2=O)c1)c1cccc(Cl)c1. The average molecular weight is 374 g/mol. The summed E-state index contributed by atoms with van der Waals surface area (Å²) in [7, 11) is 0. The van der Waals surface area contributed by atoms with Gasteiger partial charge in [0.05, 0.1) is 12.6 Å². The van der Waals surface area contributed by atoms with Gasteiger partial charge in [-0.2, -0.15) is 0 Å². The molecule has 2 aromatic carbocycles. The summed E-state index contributed by atoms with van der Waals surface area (Å²) in [6, 6.07) is 14.3. The van der Waals surface area contributed by atoms with Crippen LogP contribution in [0, 0.1) is 0 Å². The van der Waals surface area contributed by atoms with Crippen molar-refractivity contribution in [3.05, 3.63) is 64.7 Å². The van der Waals surface area contributed by atoms with Gasteiger partial charge in [0.2, 0.25) is 0 Å². The molecule has 0 aromatic heterocycles. The molecule has 1 heterocycles. The minimum Gasteiger partial charge on any atom is -0.448 e. The highest BCUT2D eigenvalue weighted by molar-refractivity contribution is 6.30. The Morgan fingerprint density at radius 3 is 2.81 bits per heavy atom. The molecule has 1 fully saturated rings. The van der Waals surface area contributed by atoms with Crippen molar-refractivity contribution in [2.45, 2.75) is 19.5 Å². The third kappa shape index (κ3) is 4.67. The van der Waals surface area contributed by atoms with Gasteiger partial charge in [0.25, 0.3) is 0 Å². The van der Waals surface area contributed by atoms with E-state index in [1.165, 1.54) is 0 Å². The molecule has 0 saturated carbocycles. The molecule has 7 heteroatoms. The van der Waals surface area contributed by atoms with E-state index in [1.54, 1.807) is 17.0 Å². The first-order valence-electron chi connectivity index (χ1n) is 8.35. The third-order valence-electron chi connectivity index (χ3n) is 4.10. The monoisotopic (exact) mass is 373 g/mol. The van der Waals surface area contributed by atoms with E-state index in [4.69, 9.17) is 16.3 Å². The summed E-state index contributed by atoms with van der Waals surface area (Å²) in [5.41, 5.74) is 2.50. The first-order valence-corrected chi connectivity index (χ1v) is 8.73. The van der Waals surface area contributed by atoms with Crippen LogP contribution in [0.2, 0.25) is 5.02 Å². The predicted octanol–water partition coefficient (Wildman–Crippen LogP) is 4.17. The Kier molecular flexibility index (Phi) is 5.63. The van der Waals surface area contributed by atoms with Crippen LogP contribution in [-0.4, -0.2) is 30.2 Å². The van der Waals surface area contributed by atoms with Crippen molar-refractivity contribution in [1.82, 2.24) is 10.2 Å². The molecule has 1 atom stereocenters. The van der Waals surface area contributed by atoms with Gasteiger partial charge >= 0.3 is 12.1 Å². The highest BCUT2D eigenvalue weighted by atomic mass is 35.5. The number of benzene rings is 2. The zero-order valence-corrected chi connectivity index (χ0v) is 15.1. The lowest BCUT2D eigenvalue weighted by molar-refractivity contribution is 0.157. The number of hydrogen-bond acceptors (Lipinski definition) is 3. The molecule has 136 valence electrons. The number of ether oxygens (including phenoxy) is 1. The van der Waals surface area contributed by atoms with Gasteiger partial charge in [0, 0.05) is 17.3 Å². The quantitative estimate of drug-likeness (QED) is 0.826. The molecule has 6 nitrogen and oxygen atoms in total. The molecule has 1 aliphatic rings. The number of carbonyl (C=O) groups excluding carboxylic acids is 2. The molecule has 3 amide bonds.